The zero-order chi connectivity index (χ0) is 34.3. The third-order valence-corrected chi connectivity index (χ3v) is 7.89. The molecule has 2 aromatic heterocycles. The molecule has 0 spiro atoms. The van der Waals surface area contributed by atoms with Crippen LogP contribution >= 0.6 is 0 Å². The van der Waals surface area contributed by atoms with E-state index in [2.05, 4.69) is 15.4 Å². The number of halogens is 4. The molecule has 0 saturated carbocycles. The summed E-state index contributed by atoms with van der Waals surface area (Å²) in [7, 11) is 0. The molecular formula is C30H38F4N8O5. The quantitative estimate of drug-likeness (QED) is 0.394. The molecule has 5 rings (SSSR count). The Hall–Kier alpha value is -4.41. The molecule has 2 amide bonds. The lowest BCUT2D eigenvalue weighted by Crippen LogP contribution is -2.51. The predicted octanol–water partition coefficient (Wildman–Crippen LogP) is 3.45. The van der Waals surface area contributed by atoms with Crippen LogP contribution in [0.25, 0.3) is 5.78 Å². The highest BCUT2D eigenvalue weighted by atomic mass is 19.4. The summed E-state index contributed by atoms with van der Waals surface area (Å²) in [5, 5.41) is 7.02. The van der Waals surface area contributed by atoms with Crippen molar-refractivity contribution in [1.82, 2.24) is 24.1 Å². The van der Waals surface area contributed by atoms with Gasteiger partial charge in [0.15, 0.2) is 0 Å². The number of aromatic nitrogens is 4. The van der Waals surface area contributed by atoms with Crippen LogP contribution < -0.4 is 20.7 Å². The minimum atomic E-state index is -4.89. The predicted molar refractivity (Wildman–Crippen MR) is 164 cm³/mol. The Balaban J connectivity index is 1.51. The van der Waals surface area contributed by atoms with Gasteiger partial charge in [-0.25, -0.2) is 9.18 Å². The maximum Gasteiger partial charge on any atom is 0.419 e. The number of benzene rings is 1. The SMILES string of the molecule is CCc1c(N2CCN(C(=O)OC(C)(C)C)CC2)c(=O)n2nc(N3CCOCC3)nc2n1CC(=O)Nc1cc(F)c(C(F)(F)F)cc1C. The molecule has 2 fully saturated rings. The Labute approximate surface area is 268 Å². The maximum atomic E-state index is 14.4. The summed E-state index contributed by atoms with van der Waals surface area (Å²) >= 11 is 0. The van der Waals surface area contributed by atoms with Gasteiger partial charge in [-0.05, 0) is 51.8 Å². The number of hydrogen-bond acceptors (Lipinski definition) is 9. The monoisotopic (exact) mass is 666 g/mol. The van der Waals surface area contributed by atoms with Gasteiger partial charge in [0.1, 0.15) is 23.7 Å². The molecule has 13 nitrogen and oxygen atoms in total. The summed E-state index contributed by atoms with van der Waals surface area (Å²) in [6.07, 6.45) is -5.05. The first-order chi connectivity index (χ1) is 22.1. The Kier molecular flexibility index (Phi) is 9.39. The van der Waals surface area contributed by atoms with E-state index in [0.29, 0.717) is 63.6 Å². The number of fused-ring (bicyclic) bond motifs is 1. The fraction of sp³-hybridized carbons (Fsp3) is 0.567. The number of anilines is 3. The van der Waals surface area contributed by atoms with E-state index in [1.54, 1.807) is 30.2 Å². The van der Waals surface area contributed by atoms with Crippen LogP contribution in [-0.2, 0) is 33.4 Å². The number of aryl methyl sites for hydroxylation is 1. The van der Waals surface area contributed by atoms with Gasteiger partial charge in [0, 0.05) is 45.0 Å². The molecule has 256 valence electrons. The Morgan fingerprint density at radius 1 is 1.02 bits per heavy atom. The average Bonchev–Trinajstić information content (AvgIpc) is 3.45. The van der Waals surface area contributed by atoms with Gasteiger partial charge >= 0.3 is 12.3 Å². The van der Waals surface area contributed by atoms with Crippen LogP contribution in [0.2, 0.25) is 0 Å². The van der Waals surface area contributed by atoms with Crippen molar-refractivity contribution in [3.8, 4) is 0 Å². The van der Waals surface area contributed by atoms with E-state index in [1.165, 1.54) is 6.92 Å². The first-order valence-electron chi connectivity index (χ1n) is 15.3. The molecule has 0 aliphatic carbocycles. The zero-order valence-electron chi connectivity index (χ0n) is 26.9. The van der Waals surface area contributed by atoms with E-state index in [4.69, 9.17) is 9.47 Å². The van der Waals surface area contributed by atoms with Gasteiger partial charge in [-0.15, -0.1) is 5.10 Å². The molecule has 47 heavy (non-hydrogen) atoms. The number of nitrogens with zero attached hydrogens (tertiary/aromatic N) is 7. The molecule has 0 radical (unpaired) electrons. The number of amides is 2. The zero-order valence-corrected chi connectivity index (χ0v) is 26.9. The fourth-order valence-electron chi connectivity index (χ4n) is 5.62. The molecule has 3 aromatic rings. The van der Waals surface area contributed by atoms with E-state index >= 15 is 0 Å². The number of alkyl halides is 3. The summed E-state index contributed by atoms with van der Waals surface area (Å²) in [5.74, 6) is -1.83. The van der Waals surface area contributed by atoms with Crippen LogP contribution in [0.3, 0.4) is 0 Å². The Bertz CT molecular complexity index is 1720. The topological polar surface area (TPSA) is 127 Å². The van der Waals surface area contributed by atoms with Gasteiger partial charge in [0.25, 0.3) is 5.56 Å². The van der Waals surface area contributed by atoms with Crippen molar-refractivity contribution in [2.45, 2.75) is 59.4 Å². The number of carbonyl (C=O) groups excluding carboxylic acids is 2. The van der Waals surface area contributed by atoms with E-state index in [9.17, 15) is 31.9 Å². The molecular weight excluding hydrogens is 628 g/mol. The normalized spacial score (nSPS) is 16.1. The summed E-state index contributed by atoms with van der Waals surface area (Å²) in [5.41, 5.74) is -1.89. The number of morpholine rings is 1. The first-order valence-corrected chi connectivity index (χ1v) is 15.3. The molecule has 1 aromatic carbocycles. The second-order valence-electron chi connectivity index (χ2n) is 12.4. The lowest BCUT2D eigenvalue weighted by Gasteiger charge is -2.37. The van der Waals surface area contributed by atoms with Gasteiger partial charge < -0.3 is 34.1 Å². The first kappa shape index (κ1) is 33.9. The van der Waals surface area contributed by atoms with Crippen molar-refractivity contribution in [2.75, 3.05) is 67.6 Å². The molecule has 2 aliphatic rings. The fourth-order valence-corrected chi connectivity index (χ4v) is 5.62. The number of rotatable bonds is 6. The summed E-state index contributed by atoms with van der Waals surface area (Å²) in [6, 6.07) is 1.28. The van der Waals surface area contributed by atoms with Gasteiger partial charge in [-0.1, -0.05) is 6.92 Å². The average molecular weight is 667 g/mol. The second kappa shape index (κ2) is 13.0. The van der Waals surface area contributed by atoms with E-state index in [0.717, 1.165) is 4.52 Å². The van der Waals surface area contributed by atoms with Crippen molar-refractivity contribution in [3.63, 3.8) is 0 Å². The summed E-state index contributed by atoms with van der Waals surface area (Å²) in [4.78, 5) is 50.1. The van der Waals surface area contributed by atoms with Crippen LogP contribution in [0.4, 0.5) is 39.7 Å². The molecule has 4 heterocycles. The molecule has 1 N–H and O–H groups in total. The second-order valence-corrected chi connectivity index (χ2v) is 12.4. The third-order valence-electron chi connectivity index (χ3n) is 7.89. The van der Waals surface area contributed by atoms with Crippen molar-refractivity contribution in [2.24, 2.45) is 0 Å². The highest BCUT2D eigenvalue weighted by Crippen LogP contribution is 2.34. The van der Waals surface area contributed by atoms with Crippen LogP contribution in [0.5, 0.6) is 0 Å². The van der Waals surface area contributed by atoms with Gasteiger partial charge in [0.05, 0.1) is 24.5 Å². The minimum absolute atomic E-state index is 0.0217. The van der Waals surface area contributed by atoms with Crippen LogP contribution in [0, 0.1) is 12.7 Å². The molecule has 2 saturated heterocycles. The van der Waals surface area contributed by atoms with Crippen LogP contribution in [-0.4, -0.2) is 94.1 Å². The van der Waals surface area contributed by atoms with E-state index in [1.807, 2.05) is 16.7 Å². The molecule has 0 bridgehead atoms. The van der Waals surface area contributed by atoms with E-state index < -0.39 is 47.3 Å². The van der Waals surface area contributed by atoms with Crippen LogP contribution in [0.15, 0.2) is 16.9 Å². The van der Waals surface area contributed by atoms with Gasteiger partial charge in [-0.3, -0.25) is 9.59 Å². The lowest BCUT2D eigenvalue weighted by atomic mass is 10.1. The largest absolute Gasteiger partial charge is 0.444 e. The number of piperazine rings is 1. The van der Waals surface area contributed by atoms with Gasteiger partial charge in [-0.2, -0.15) is 22.7 Å². The van der Waals surface area contributed by atoms with Crippen molar-refractivity contribution in [3.05, 3.63) is 45.1 Å². The summed E-state index contributed by atoms with van der Waals surface area (Å²) in [6.45, 7) is 11.1. The summed E-state index contributed by atoms with van der Waals surface area (Å²) < 4.78 is 67.6. The minimum Gasteiger partial charge on any atom is -0.444 e. The van der Waals surface area contributed by atoms with Crippen molar-refractivity contribution < 1.29 is 36.6 Å². The smallest absolute Gasteiger partial charge is 0.419 e. The number of hydrogen-bond donors (Lipinski definition) is 1. The third kappa shape index (κ3) is 7.29. The number of ether oxygens (including phenoxy) is 2. The van der Waals surface area contributed by atoms with Gasteiger partial charge in [0.2, 0.25) is 17.6 Å². The lowest BCUT2D eigenvalue weighted by molar-refractivity contribution is -0.140. The molecule has 0 atom stereocenters. The van der Waals surface area contributed by atoms with Crippen LogP contribution in [0.1, 0.15) is 44.5 Å². The maximum absolute atomic E-state index is 14.4. The van der Waals surface area contributed by atoms with Crippen molar-refractivity contribution >= 4 is 35.1 Å². The highest BCUT2D eigenvalue weighted by molar-refractivity contribution is 5.91. The van der Waals surface area contributed by atoms with Crippen molar-refractivity contribution in [1.29, 1.82) is 0 Å². The van der Waals surface area contributed by atoms with E-state index in [-0.39, 0.29) is 41.8 Å². The molecule has 2 aliphatic heterocycles. The number of nitrogens with one attached hydrogen (secondary N) is 1. The Morgan fingerprint density at radius 3 is 2.28 bits per heavy atom. The Morgan fingerprint density at radius 2 is 1.68 bits per heavy atom. The standard InChI is InChI=1S/C30H38F4N8O5/c1-6-22-24(38-7-9-40(10-8-38)28(45)47-29(3,4)5)25(44)42-27(36-26(37-42)39-11-13-46-14-12-39)41(22)17-23(43)35-21-16-20(31)19(15-18(21)2)30(32,33)34/h15-16H,6-14,17H2,1-5H3,(H,35,43). The molecule has 17 heteroatoms. The highest BCUT2D eigenvalue weighted by Gasteiger charge is 2.35. The molecule has 0 unspecified atom stereocenters. The number of carbonyl (C=O) groups is 2.